The van der Waals surface area contributed by atoms with Crippen LogP contribution in [0.3, 0.4) is 0 Å². The molecule has 4 nitrogen and oxygen atoms in total. The molecule has 0 N–H and O–H groups in total. The summed E-state index contributed by atoms with van der Waals surface area (Å²) in [5, 5.41) is 10.6. The van der Waals surface area contributed by atoms with Crippen molar-refractivity contribution < 1.29 is 4.92 Å². The highest BCUT2D eigenvalue weighted by Gasteiger charge is 2.09. The largest absolute Gasteiger partial charge is 0.288 e. The molecule has 6 heteroatoms. The van der Waals surface area contributed by atoms with Crippen LogP contribution in [0.5, 0.6) is 0 Å². The Kier molecular flexibility index (Phi) is 4.40. The minimum Gasteiger partial charge on any atom is -0.258 e. The second-order valence-electron chi connectivity index (χ2n) is 2.56. The molecule has 0 aromatic carbocycles. The molecule has 0 fully saturated rings. The van der Waals surface area contributed by atoms with Crippen molar-refractivity contribution >= 4 is 29.9 Å². The normalized spacial score (nSPS) is 9.20. The SMILES string of the molecule is O=[N+]([O-])c1cnc(Cl)c(C#CCCS)c1. The molecular weight excluding hydrogens is 236 g/mol. The Morgan fingerprint density at radius 3 is 3.00 bits per heavy atom. The van der Waals surface area contributed by atoms with Crippen molar-refractivity contribution in [1.29, 1.82) is 0 Å². The summed E-state index contributed by atoms with van der Waals surface area (Å²) in [6.45, 7) is 0. The van der Waals surface area contributed by atoms with Gasteiger partial charge in [-0.2, -0.15) is 12.6 Å². The lowest BCUT2D eigenvalue weighted by molar-refractivity contribution is -0.385. The van der Waals surface area contributed by atoms with Crippen LogP contribution in [0.4, 0.5) is 5.69 Å². The first-order valence-corrected chi connectivity index (χ1v) is 5.06. The van der Waals surface area contributed by atoms with E-state index in [1.54, 1.807) is 0 Å². The average Bonchev–Trinajstić information content (AvgIpc) is 2.20. The van der Waals surface area contributed by atoms with Gasteiger partial charge >= 0.3 is 0 Å². The Morgan fingerprint density at radius 1 is 1.67 bits per heavy atom. The van der Waals surface area contributed by atoms with E-state index >= 15 is 0 Å². The summed E-state index contributed by atoms with van der Waals surface area (Å²) in [5.41, 5.74) is 0.252. The van der Waals surface area contributed by atoms with E-state index in [-0.39, 0.29) is 10.8 Å². The topological polar surface area (TPSA) is 56.0 Å². The Morgan fingerprint density at radius 2 is 2.40 bits per heavy atom. The van der Waals surface area contributed by atoms with Gasteiger partial charge in [-0.25, -0.2) is 4.98 Å². The van der Waals surface area contributed by atoms with Gasteiger partial charge in [-0.3, -0.25) is 10.1 Å². The number of halogens is 1. The zero-order valence-electron chi connectivity index (χ0n) is 7.61. The quantitative estimate of drug-likeness (QED) is 0.285. The number of pyridine rings is 1. The third kappa shape index (κ3) is 3.42. The van der Waals surface area contributed by atoms with Gasteiger partial charge < -0.3 is 0 Å². The molecule has 0 aliphatic rings. The van der Waals surface area contributed by atoms with Gasteiger partial charge in [-0.1, -0.05) is 23.4 Å². The van der Waals surface area contributed by atoms with Crippen LogP contribution < -0.4 is 0 Å². The smallest absolute Gasteiger partial charge is 0.258 e. The Balaban J connectivity index is 3.02. The summed E-state index contributed by atoms with van der Waals surface area (Å²) in [4.78, 5) is 13.6. The van der Waals surface area contributed by atoms with Gasteiger partial charge in [0.25, 0.3) is 5.69 Å². The molecule has 1 aromatic rings. The van der Waals surface area contributed by atoms with Crippen LogP contribution in [0.1, 0.15) is 12.0 Å². The molecule has 1 rings (SSSR count). The van der Waals surface area contributed by atoms with Gasteiger partial charge in [0.05, 0.1) is 10.5 Å². The molecule has 15 heavy (non-hydrogen) atoms. The first-order valence-electron chi connectivity index (χ1n) is 4.05. The predicted molar refractivity (Wildman–Crippen MR) is 61.2 cm³/mol. The molecule has 0 amide bonds. The number of nitro groups is 1. The number of nitrogens with zero attached hydrogens (tertiary/aromatic N) is 2. The summed E-state index contributed by atoms with van der Waals surface area (Å²) in [6.07, 6.45) is 1.70. The van der Waals surface area contributed by atoms with E-state index in [4.69, 9.17) is 11.6 Å². The Hall–Kier alpha value is -1.25. The van der Waals surface area contributed by atoms with E-state index in [9.17, 15) is 10.1 Å². The highest BCUT2D eigenvalue weighted by atomic mass is 35.5. The van der Waals surface area contributed by atoms with Crippen LogP contribution in [0.25, 0.3) is 0 Å². The third-order valence-electron chi connectivity index (χ3n) is 1.50. The molecule has 0 bridgehead atoms. The summed E-state index contributed by atoms with van der Waals surface area (Å²) in [5.74, 6) is 6.13. The van der Waals surface area contributed by atoms with Crippen LogP contribution in [0.15, 0.2) is 12.3 Å². The predicted octanol–water partition coefficient (Wildman–Crippen LogP) is 2.31. The van der Waals surface area contributed by atoms with Crippen LogP contribution in [0, 0.1) is 22.0 Å². The summed E-state index contributed by atoms with van der Waals surface area (Å²) < 4.78 is 0. The van der Waals surface area contributed by atoms with Crippen molar-refractivity contribution in [1.82, 2.24) is 4.98 Å². The second kappa shape index (κ2) is 5.59. The molecule has 0 spiro atoms. The third-order valence-corrected chi connectivity index (χ3v) is 2.02. The van der Waals surface area contributed by atoms with E-state index in [1.807, 2.05) is 0 Å². The van der Waals surface area contributed by atoms with Gasteiger partial charge in [0.2, 0.25) is 0 Å². The van der Waals surface area contributed by atoms with Gasteiger partial charge in [0.15, 0.2) is 0 Å². The number of aromatic nitrogens is 1. The molecule has 1 aromatic heterocycles. The zero-order chi connectivity index (χ0) is 11.3. The standard InChI is InChI=1S/C9H7ClN2O2S/c10-9-7(3-1-2-4-15)5-8(6-11-9)12(13)14/h5-6,15H,2,4H2. The highest BCUT2D eigenvalue weighted by Crippen LogP contribution is 2.17. The molecule has 1 heterocycles. The fourth-order valence-electron chi connectivity index (χ4n) is 0.838. The molecule has 0 saturated heterocycles. The molecule has 0 atom stereocenters. The monoisotopic (exact) mass is 242 g/mol. The minimum atomic E-state index is -0.535. The molecular formula is C9H7ClN2O2S. The first kappa shape index (κ1) is 11.8. The molecule has 78 valence electrons. The maximum absolute atomic E-state index is 10.5. The van der Waals surface area contributed by atoms with Crippen molar-refractivity contribution in [2.45, 2.75) is 6.42 Å². The fourth-order valence-corrected chi connectivity index (χ4v) is 1.10. The summed E-state index contributed by atoms with van der Waals surface area (Å²) in [6, 6.07) is 1.31. The van der Waals surface area contributed by atoms with Gasteiger partial charge in [0, 0.05) is 18.2 Å². The fraction of sp³-hybridized carbons (Fsp3) is 0.222. The van der Waals surface area contributed by atoms with Crippen LogP contribution in [0.2, 0.25) is 5.15 Å². The first-order chi connectivity index (χ1) is 7.15. The number of hydrogen-bond acceptors (Lipinski definition) is 4. The van der Waals surface area contributed by atoms with E-state index in [1.165, 1.54) is 6.07 Å². The molecule has 0 radical (unpaired) electrons. The van der Waals surface area contributed by atoms with Crippen LogP contribution in [-0.4, -0.2) is 15.7 Å². The number of thiol groups is 1. The lowest BCUT2D eigenvalue weighted by atomic mass is 10.2. The molecule has 0 aliphatic heterocycles. The Labute approximate surface area is 97.2 Å². The number of hydrogen-bond donors (Lipinski definition) is 1. The maximum Gasteiger partial charge on any atom is 0.288 e. The van der Waals surface area contributed by atoms with Crippen molar-refractivity contribution in [3.8, 4) is 11.8 Å². The molecule has 0 aliphatic carbocycles. The maximum atomic E-state index is 10.5. The van der Waals surface area contributed by atoms with Crippen molar-refractivity contribution in [2.75, 3.05) is 5.75 Å². The van der Waals surface area contributed by atoms with Crippen molar-refractivity contribution in [3.63, 3.8) is 0 Å². The average molecular weight is 243 g/mol. The van der Waals surface area contributed by atoms with Crippen molar-refractivity contribution in [2.24, 2.45) is 0 Å². The van der Waals surface area contributed by atoms with Gasteiger partial charge in [-0.05, 0) is 0 Å². The minimum absolute atomic E-state index is 0.116. The van der Waals surface area contributed by atoms with E-state index in [0.29, 0.717) is 17.7 Å². The van der Waals surface area contributed by atoms with E-state index in [2.05, 4.69) is 29.5 Å². The molecule has 0 saturated carbocycles. The van der Waals surface area contributed by atoms with Crippen LogP contribution >= 0.6 is 24.2 Å². The summed E-state index contributed by atoms with van der Waals surface area (Å²) in [7, 11) is 0. The Bertz CT molecular complexity index is 439. The van der Waals surface area contributed by atoms with Gasteiger partial charge in [-0.15, -0.1) is 0 Å². The molecule has 0 unspecified atom stereocenters. The number of rotatable bonds is 2. The van der Waals surface area contributed by atoms with E-state index < -0.39 is 4.92 Å². The second-order valence-corrected chi connectivity index (χ2v) is 3.37. The zero-order valence-corrected chi connectivity index (χ0v) is 9.26. The lowest BCUT2D eigenvalue weighted by Gasteiger charge is -1.94. The van der Waals surface area contributed by atoms with Crippen LogP contribution in [-0.2, 0) is 0 Å². The van der Waals surface area contributed by atoms with Gasteiger partial charge in [0.1, 0.15) is 11.3 Å². The van der Waals surface area contributed by atoms with E-state index in [0.717, 1.165) is 6.20 Å². The van der Waals surface area contributed by atoms with Crippen molar-refractivity contribution in [3.05, 3.63) is 33.1 Å². The summed E-state index contributed by atoms with van der Waals surface area (Å²) >= 11 is 9.71. The lowest BCUT2D eigenvalue weighted by Crippen LogP contribution is -1.91. The highest BCUT2D eigenvalue weighted by molar-refractivity contribution is 7.80.